The Kier molecular flexibility index (Phi) is 8.78. The van der Waals surface area contributed by atoms with Crippen LogP contribution in [0.15, 0.2) is 41.3 Å². The molecule has 4 rings (SSSR count). The third-order valence-electron chi connectivity index (χ3n) is 7.13. The Morgan fingerprint density at radius 2 is 1.70 bits per heavy atom. The number of nitrogens with zero attached hydrogens (tertiary/aromatic N) is 2. The number of fused-ring (bicyclic) bond motifs is 2. The van der Waals surface area contributed by atoms with Gasteiger partial charge in [0.2, 0.25) is 15.9 Å². The number of hydrogen-bond donors (Lipinski definition) is 0. The topological polar surface area (TPSA) is 85.4 Å². The number of hydrogen-bond acceptors (Lipinski definition) is 6. The molecule has 0 aliphatic carbocycles. The van der Waals surface area contributed by atoms with Crippen molar-refractivity contribution in [2.45, 2.75) is 49.6 Å². The molecule has 2 saturated heterocycles. The van der Waals surface area contributed by atoms with Crippen molar-refractivity contribution in [2.75, 3.05) is 33.9 Å². The molecule has 0 saturated carbocycles. The average Bonchev–Trinajstić information content (AvgIpc) is 2.95. The van der Waals surface area contributed by atoms with Crippen molar-refractivity contribution in [3.63, 3.8) is 0 Å². The van der Waals surface area contributed by atoms with Gasteiger partial charge in [-0.1, -0.05) is 36.5 Å². The molecule has 2 unspecified atom stereocenters. The van der Waals surface area contributed by atoms with Crippen LogP contribution in [0.4, 0.5) is 0 Å². The summed E-state index contributed by atoms with van der Waals surface area (Å²) in [6.07, 6.45) is 2.69. The Bertz CT molecular complexity index is 1220. The lowest BCUT2D eigenvalue weighted by Gasteiger charge is -2.40. The van der Waals surface area contributed by atoms with Crippen LogP contribution in [0.1, 0.15) is 32.6 Å². The van der Waals surface area contributed by atoms with Gasteiger partial charge in [-0.15, -0.1) is 0 Å². The van der Waals surface area contributed by atoms with Gasteiger partial charge in [0.15, 0.2) is 11.5 Å². The number of halogens is 2. The van der Waals surface area contributed by atoms with Crippen molar-refractivity contribution < 1.29 is 27.4 Å². The molecule has 2 heterocycles. The van der Waals surface area contributed by atoms with Crippen molar-refractivity contribution in [1.29, 1.82) is 0 Å². The van der Waals surface area contributed by atoms with Crippen molar-refractivity contribution >= 4 is 39.1 Å². The largest absolute Gasteiger partial charge is 0.493 e. The molecule has 0 N–H and O–H groups in total. The molecule has 0 radical (unpaired) electrons. The molecule has 2 bridgehead atoms. The predicted octanol–water partition coefficient (Wildman–Crippen LogP) is 4.87. The van der Waals surface area contributed by atoms with Crippen LogP contribution in [0, 0.1) is 5.92 Å². The Morgan fingerprint density at radius 3 is 2.35 bits per heavy atom. The van der Waals surface area contributed by atoms with E-state index in [0.717, 1.165) is 12.8 Å². The highest BCUT2D eigenvalue weighted by Crippen LogP contribution is 2.39. The normalized spacial score (nSPS) is 22.5. The van der Waals surface area contributed by atoms with E-state index in [1.54, 1.807) is 37.3 Å². The molecule has 2 aliphatic rings. The maximum atomic E-state index is 13.9. The molecule has 2 aromatic rings. The molecule has 202 valence electrons. The summed E-state index contributed by atoms with van der Waals surface area (Å²) in [5.74, 6) is 1.52. The maximum Gasteiger partial charge on any atom is 0.244 e. The highest BCUT2D eigenvalue weighted by molar-refractivity contribution is 7.89. The van der Waals surface area contributed by atoms with Crippen LogP contribution in [0.3, 0.4) is 0 Å². The van der Waals surface area contributed by atoms with Gasteiger partial charge in [0.25, 0.3) is 0 Å². The Hall–Kier alpha value is -2.20. The van der Waals surface area contributed by atoms with Crippen molar-refractivity contribution in [3.8, 4) is 17.2 Å². The van der Waals surface area contributed by atoms with Gasteiger partial charge in [-0.05, 0) is 55.5 Å². The zero-order chi connectivity index (χ0) is 26.7. The molecule has 11 heteroatoms. The van der Waals surface area contributed by atoms with Crippen LogP contribution in [-0.2, 0) is 14.8 Å². The average molecular weight is 572 g/mol. The second-order valence-corrected chi connectivity index (χ2v) is 12.0. The lowest BCUT2D eigenvalue weighted by molar-refractivity contribution is -0.135. The SMILES string of the molecule is CC[C@H]1CN(CCOc2ccc(OC)c(OC)c2)C(=O)C2CCCC1N2S(=O)(=O)c1cc(Cl)cc(Cl)c1. The summed E-state index contributed by atoms with van der Waals surface area (Å²) in [4.78, 5) is 15.5. The molecular formula is C26H32Cl2N2O6S. The molecule has 2 aromatic carbocycles. The first-order valence-electron chi connectivity index (χ1n) is 12.3. The first kappa shape index (κ1) is 27.8. The second kappa shape index (κ2) is 11.7. The lowest BCUT2D eigenvalue weighted by Crippen LogP contribution is -2.54. The number of carbonyl (C=O) groups is 1. The van der Waals surface area contributed by atoms with Crippen molar-refractivity contribution in [3.05, 3.63) is 46.4 Å². The molecular weight excluding hydrogens is 539 g/mol. The summed E-state index contributed by atoms with van der Waals surface area (Å²) in [6, 6.07) is 8.48. The van der Waals surface area contributed by atoms with Crippen LogP contribution in [0.2, 0.25) is 10.0 Å². The minimum Gasteiger partial charge on any atom is -0.493 e. The molecule has 37 heavy (non-hydrogen) atoms. The molecule has 2 aliphatic heterocycles. The van der Waals surface area contributed by atoms with Gasteiger partial charge in [0.1, 0.15) is 18.4 Å². The fourth-order valence-electron chi connectivity index (χ4n) is 5.31. The predicted molar refractivity (Wildman–Crippen MR) is 142 cm³/mol. The molecule has 8 nitrogen and oxygen atoms in total. The van der Waals surface area contributed by atoms with Crippen LogP contribution in [0.25, 0.3) is 0 Å². The summed E-state index contributed by atoms with van der Waals surface area (Å²) in [6.45, 7) is 3.09. The fraction of sp³-hybridized carbons (Fsp3) is 0.500. The van der Waals surface area contributed by atoms with E-state index in [2.05, 4.69) is 0 Å². The van der Waals surface area contributed by atoms with E-state index in [4.69, 9.17) is 37.4 Å². The van der Waals surface area contributed by atoms with E-state index >= 15 is 0 Å². The molecule has 0 aromatic heterocycles. The molecule has 3 atom stereocenters. The lowest BCUT2D eigenvalue weighted by atomic mass is 9.89. The molecule has 1 amide bonds. The minimum absolute atomic E-state index is 0.00906. The van der Waals surface area contributed by atoms with Crippen molar-refractivity contribution in [2.24, 2.45) is 5.92 Å². The van der Waals surface area contributed by atoms with Crippen LogP contribution in [0.5, 0.6) is 17.2 Å². The van der Waals surface area contributed by atoms with E-state index in [9.17, 15) is 13.2 Å². The van der Waals surface area contributed by atoms with Gasteiger partial charge in [0.05, 0.1) is 25.7 Å². The number of ether oxygens (including phenoxy) is 3. The molecule has 2 fully saturated rings. The first-order valence-corrected chi connectivity index (χ1v) is 14.5. The standard InChI is InChI=1S/C26H32Cl2N2O6S/c1-4-17-16-29(10-11-36-20-8-9-24(34-2)25(15-20)35-3)26(31)23-7-5-6-22(17)30(23)37(32,33)21-13-18(27)12-19(28)14-21/h8-9,12-15,17,22-23H,4-7,10-11,16H2,1-3H3/t17-,22?,23?/m0/s1. The van der Waals surface area contributed by atoms with E-state index in [-0.39, 0.29) is 39.4 Å². The van der Waals surface area contributed by atoms with Gasteiger partial charge >= 0.3 is 0 Å². The van der Waals surface area contributed by atoms with E-state index < -0.39 is 16.1 Å². The number of piperidine rings is 1. The summed E-state index contributed by atoms with van der Waals surface area (Å²) < 4.78 is 45.7. The van der Waals surface area contributed by atoms with E-state index in [1.165, 1.54) is 22.5 Å². The van der Waals surface area contributed by atoms with Gasteiger partial charge < -0.3 is 19.1 Å². The Morgan fingerprint density at radius 1 is 1.00 bits per heavy atom. The zero-order valence-electron chi connectivity index (χ0n) is 21.2. The zero-order valence-corrected chi connectivity index (χ0v) is 23.5. The number of amides is 1. The third-order valence-corrected chi connectivity index (χ3v) is 9.48. The quantitative estimate of drug-likeness (QED) is 0.427. The van der Waals surface area contributed by atoms with Crippen LogP contribution >= 0.6 is 23.2 Å². The van der Waals surface area contributed by atoms with Gasteiger partial charge in [-0.2, -0.15) is 4.31 Å². The summed E-state index contributed by atoms with van der Waals surface area (Å²) in [5, 5.41) is 0.469. The molecule has 0 spiro atoms. The number of rotatable bonds is 9. The van der Waals surface area contributed by atoms with Crippen LogP contribution in [-0.4, -0.2) is 69.5 Å². The monoisotopic (exact) mass is 570 g/mol. The van der Waals surface area contributed by atoms with E-state index in [1.807, 2.05) is 6.92 Å². The number of benzene rings is 2. The highest BCUT2D eigenvalue weighted by atomic mass is 35.5. The Labute approximate surface area is 228 Å². The number of methoxy groups -OCH3 is 2. The van der Waals surface area contributed by atoms with Gasteiger partial charge in [-0.25, -0.2) is 8.42 Å². The van der Waals surface area contributed by atoms with E-state index in [0.29, 0.717) is 43.2 Å². The van der Waals surface area contributed by atoms with Crippen LogP contribution < -0.4 is 14.2 Å². The first-order chi connectivity index (χ1) is 17.7. The Balaban J connectivity index is 1.57. The maximum absolute atomic E-state index is 13.9. The minimum atomic E-state index is -4.01. The summed E-state index contributed by atoms with van der Waals surface area (Å²) >= 11 is 12.3. The second-order valence-electron chi connectivity index (χ2n) is 9.27. The summed E-state index contributed by atoms with van der Waals surface area (Å²) in [5.41, 5.74) is 0. The van der Waals surface area contributed by atoms with Gasteiger partial charge in [0, 0.05) is 28.7 Å². The smallest absolute Gasteiger partial charge is 0.244 e. The third kappa shape index (κ3) is 5.79. The van der Waals surface area contributed by atoms with Crippen molar-refractivity contribution in [1.82, 2.24) is 9.21 Å². The fourth-order valence-corrected chi connectivity index (χ4v) is 7.93. The highest BCUT2D eigenvalue weighted by Gasteiger charge is 2.49. The number of carbonyl (C=O) groups excluding carboxylic acids is 1. The van der Waals surface area contributed by atoms with Gasteiger partial charge in [-0.3, -0.25) is 4.79 Å². The summed E-state index contributed by atoms with van der Waals surface area (Å²) in [7, 11) is -0.890. The number of sulfonamides is 1.